The Kier molecular flexibility index (Phi) is 2.55. The molecule has 0 radical (unpaired) electrons. The second-order valence-corrected chi connectivity index (χ2v) is 3.02. The summed E-state index contributed by atoms with van der Waals surface area (Å²) >= 11 is 0. The number of hydrogen-bond donors (Lipinski definition) is 1. The summed E-state index contributed by atoms with van der Waals surface area (Å²) in [4.78, 5) is 6.05. The molecule has 0 amide bonds. The fraction of sp³-hybridized carbons (Fsp3) is 0.222. The van der Waals surface area contributed by atoms with Gasteiger partial charge in [-0.25, -0.2) is 14.1 Å². The van der Waals surface area contributed by atoms with Gasteiger partial charge in [0.25, 0.3) is 6.36 Å². The van der Waals surface area contributed by atoms with Crippen molar-refractivity contribution in [3.63, 3.8) is 0 Å². The van der Waals surface area contributed by atoms with Gasteiger partial charge in [-0.3, -0.25) is 0 Å². The summed E-state index contributed by atoms with van der Waals surface area (Å²) in [6, 6.07) is 6.43. The van der Waals surface area contributed by atoms with Gasteiger partial charge in [0, 0.05) is 0 Å². The Morgan fingerprint density at radius 3 is 2.56 bits per heavy atom. The van der Waals surface area contributed by atoms with Crippen LogP contribution in [0.15, 0.2) is 24.3 Å². The van der Waals surface area contributed by atoms with Crippen molar-refractivity contribution in [2.45, 2.75) is 12.7 Å². The lowest BCUT2D eigenvalue weighted by Gasteiger charge is -2.09. The van der Waals surface area contributed by atoms with Crippen molar-refractivity contribution in [1.29, 1.82) is 0 Å². The van der Waals surface area contributed by atoms with Crippen LogP contribution in [0.25, 0.3) is 11.0 Å². The van der Waals surface area contributed by atoms with Crippen molar-refractivity contribution < 1.29 is 22.3 Å². The Bertz CT molecular complexity index is 460. The van der Waals surface area contributed by atoms with Crippen LogP contribution in [0.2, 0.25) is 0 Å². The van der Waals surface area contributed by atoms with Gasteiger partial charge < -0.3 is 4.98 Å². The fourth-order valence-electron chi connectivity index (χ4n) is 1.25. The molecule has 1 atom stereocenters. The van der Waals surface area contributed by atoms with Crippen LogP contribution in [0.3, 0.4) is 0 Å². The van der Waals surface area contributed by atoms with Crippen molar-refractivity contribution in [3.05, 3.63) is 30.1 Å². The molecular weight excluding hydrogens is 228 g/mol. The highest BCUT2D eigenvalue weighted by Gasteiger charge is 2.35. The van der Waals surface area contributed by atoms with Crippen LogP contribution in [0, 0.1) is 0 Å². The number of aromatic amines is 1. The zero-order valence-corrected chi connectivity index (χ0v) is 7.75. The number of H-pyrrole nitrogens is 1. The minimum absolute atomic E-state index is 0.380. The van der Waals surface area contributed by atoms with E-state index in [1.54, 1.807) is 24.3 Å². The first-order valence-electron chi connectivity index (χ1n) is 4.29. The highest BCUT2D eigenvalue weighted by Crippen LogP contribution is 2.28. The van der Waals surface area contributed by atoms with Crippen molar-refractivity contribution in [3.8, 4) is 0 Å². The lowest BCUT2D eigenvalue weighted by molar-refractivity contribution is -0.364. The summed E-state index contributed by atoms with van der Waals surface area (Å²) in [5, 5.41) is 0. The van der Waals surface area contributed by atoms with Gasteiger partial charge in [-0.05, 0) is 12.1 Å². The third-order valence-corrected chi connectivity index (χ3v) is 1.86. The van der Waals surface area contributed by atoms with Gasteiger partial charge in [-0.1, -0.05) is 12.1 Å². The number of para-hydroxylation sites is 2. The number of hydrogen-bond acceptors (Lipinski definition) is 2. The molecular formula is C9H6F4N2O. The van der Waals surface area contributed by atoms with Gasteiger partial charge in [0.1, 0.15) is 0 Å². The maximum atomic E-state index is 13.0. The topological polar surface area (TPSA) is 37.9 Å². The second-order valence-electron chi connectivity index (χ2n) is 3.02. The number of ether oxygens (including phenoxy) is 1. The molecule has 16 heavy (non-hydrogen) atoms. The molecule has 0 saturated heterocycles. The molecule has 86 valence electrons. The van der Waals surface area contributed by atoms with Gasteiger partial charge in [0.2, 0.25) is 0 Å². The van der Waals surface area contributed by atoms with E-state index in [0.717, 1.165) is 0 Å². The molecule has 2 aromatic rings. The predicted molar refractivity (Wildman–Crippen MR) is 47.1 cm³/mol. The van der Waals surface area contributed by atoms with Crippen LogP contribution in [-0.4, -0.2) is 16.3 Å². The van der Waals surface area contributed by atoms with E-state index in [4.69, 9.17) is 0 Å². The van der Waals surface area contributed by atoms with Crippen molar-refractivity contribution in [2.75, 3.05) is 0 Å². The number of imidazole rings is 1. The normalized spacial score (nSPS) is 14.2. The lowest BCUT2D eigenvalue weighted by Crippen LogP contribution is -2.16. The molecule has 1 N–H and O–H groups in total. The van der Waals surface area contributed by atoms with Gasteiger partial charge in [0.05, 0.1) is 11.0 Å². The zero-order valence-electron chi connectivity index (χ0n) is 7.75. The monoisotopic (exact) mass is 234 g/mol. The number of fused-ring (bicyclic) bond motifs is 1. The number of aromatic nitrogens is 2. The predicted octanol–water partition coefficient (Wildman–Crippen LogP) is 3.07. The summed E-state index contributed by atoms with van der Waals surface area (Å²) < 4.78 is 51.5. The molecule has 1 heterocycles. The standard InChI is InChI=1S/C9H6F4N2O/c10-7(16-9(11,12)13)8-14-5-3-1-2-4-6(5)15-8/h1-4,7H,(H,14,15). The number of alkyl halides is 4. The summed E-state index contributed by atoms with van der Waals surface area (Å²) in [5.41, 5.74) is 0.830. The molecule has 0 bridgehead atoms. The molecule has 1 aromatic heterocycles. The van der Waals surface area contributed by atoms with Crippen LogP contribution < -0.4 is 0 Å². The average Bonchev–Trinajstić information content (AvgIpc) is 2.58. The third-order valence-electron chi connectivity index (χ3n) is 1.86. The third kappa shape index (κ3) is 2.30. The molecule has 0 aliphatic heterocycles. The number of rotatable bonds is 2. The number of nitrogens with zero attached hydrogens (tertiary/aromatic N) is 1. The van der Waals surface area contributed by atoms with Crippen molar-refractivity contribution in [1.82, 2.24) is 9.97 Å². The van der Waals surface area contributed by atoms with Gasteiger partial charge in [-0.15, -0.1) is 13.2 Å². The summed E-state index contributed by atoms with van der Waals surface area (Å²) in [6.07, 6.45) is -7.68. The van der Waals surface area contributed by atoms with E-state index in [1.807, 2.05) is 0 Å². The molecule has 1 unspecified atom stereocenters. The zero-order chi connectivity index (χ0) is 11.8. The summed E-state index contributed by atoms with van der Waals surface area (Å²) in [5.74, 6) is -0.501. The fourth-order valence-corrected chi connectivity index (χ4v) is 1.25. The Morgan fingerprint density at radius 1 is 1.25 bits per heavy atom. The van der Waals surface area contributed by atoms with E-state index in [1.165, 1.54) is 0 Å². The molecule has 0 aliphatic rings. The van der Waals surface area contributed by atoms with E-state index in [2.05, 4.69) is 14.7 Å². The molecule has 1 aromatic carbocycles. The lowest BCUT2D eigenvalue weighted by atomic mass is 10.3. The van der Waals surface area contributed by atoms with Crippen LogP contribution in [0.1, 0.15) is 12.2 Å². The number of nitrogens with one attached hydrogen (secondary N) is 1. The first-order chi connectivity index (χ1) is 7.46. The Morgan fingerprint density at radius 2 is 1.94 bits per heavy atom. The quantitative estimate of drug-likeness (QED) is 0.811. The number of halogens is 4. The largest absolute Gasteiger partial charge is 0.525 e. The Balaban J connectivity index is 2.26. The molecule has 2 rings (SSSR count). The van der Waals surface area contributed by atoms with E-state index in [0.29, 0.717) is 11.0 Å². The van der Waals surface area contributed by atoms with Crippen LogP contribution in [0.4, 0.5) is 17.6 Å². The average molecular weight is 234 g/mol. The molecule has 0 saturated carbocycles. The minimum Gasteiger partial charge on any atom is -0.337 e. The first-order valence-corrected chi connectivity index (χ1v) is 4.29. The maximum Gasteiger partial charge on any atom is 0.525 e. The Hall–Kier alpha value is -1.63. The molecule has 0 fully saturated rings. The van der Waals surface area contributed by atoms with Crippen molar-refractivity contribution >= 4 is 11.0 Å². The summed E-state index contributed by atoms with van der Waals surface area (Å²) in [7, 11) is 0. The van der Waals surface area contributed by atoms with E-state index in [-0.39, 0.29) is 0 Å². The van der Waals surface area contributed by atoms with E-state index < -0.39 is 18.5 Å². The maximum absolute atomic E-state index is 13.0. The molecule has 7 heteroatoms. The minimum atomic E-state index is -5.03. The van der Waals surface area contributed by atoms with Crippen molar-refractivity contribution in [2.24, 2.45) is 0 Å². The molecule has 3 nitrogen and oxygen atoms in total. The second kappa shape index (κ2) is 3.75. The van der Waals surface area contributed by atoms with Crippen LogP contribution in [-0.2, 0) is 4.74 Å². The van der Waals surface area contributed by atoms with Crippen LogP contribution >= 0.6 is 0 Å². The number of benzene rings is 1. The van der Waals surface area contributed by atoms with Crippen LogP contribution in [0.5, 0.6) is 0 Å². The van der Waals surface area contributed by atoms with Gasteiger partial charge >= 0.3 is 6.36 Å². The molecule has 0 aliphatic carbocycles. The SMILES string of the molecule is FC(OC(F)(F)F)c1nc2ccccc2[nH]1. The Labute approximate surface area is 87.0 Å². The highest BCUT2D eigenvalue weighted by molar-refractivity contribution is 5.74. The molecule has 0 spiro atoms. The van der Waals surface area contributed by atoms with Gasteiger partial charge in [0.15, 0.2) is 5.82 Å². The van der Waals surface area contributed by atoms with Gasteiger partial charge in [-0.2, -0.15) is 0 Å². The van der Waals surface area contributed by atoms with E-state index >= 15 is 0 Å². The first kappa shape index (κ1) is 10.9. The highest BCUT2D eigenvalue weighted by atomic mass is 19.4. The van der Waals surface area contributed by atoms with E-state index in [9.17, 15) is 17.6 Å². The smallest absolute Gasteiger partial charge is 0.337 e. The summed E-state index contributed by atoms with van der Waals surface area (Å²) in [6.45, 7) is 0.